The molecule has 0 saturated carbocycles. The minimum absolute atomic E-state index is 0.170. The van der Waals surface area contributed by atoms with E-state index in [0.717, 1.165) is 16.7 Å². The molecular formula is C27H27NO6. The van der Waals surface area contributed by atoms with Crippen LogP contribution in [0.15, 0.2) is 60.7 Å². The number of carbonyl (C=O) groups is 1. The van der Waals surface area contributed by atoms with Crippen LogP contribution in [0.2, 0.25) is 0 Å². The summed E-state index contributed by atoms with van der Waals surface area (Å²) >= 11 is 0. The number of rotatable bonds is 9. The van der Waals surface area contributed by atoms with Gasteiger partial charge < -0.3 is 29.4 Å². The summed E-state index contributed by atoms with van der Waals surface area (Å²) in [5, 5.41) is 12.3. The minimum Gasteiger partial charge on any atom is -0.508 e. The van der Waals surface area contributed by atoms with E-state index in [1.54, 1.807) is 70.9 Å². The standard InChI is InChI=1S/C27H27NO6/c1-31-22-12-13-23(28-26(30)14-8-18-6-10-21(29)11-7-18)20(17-22)9-5-19-15-24(32-2)27(34-4)25(16-19)33-3/h5-17,29H,1-4H3,(H,28,30)/b9-5+,14-8+. The number of amides is 1. The quantitative estimate of drug-likeness (QED) is 0.334. The van der Waals surface area contributed by atoms with Crippen LogP contribution in [-0.2, 0) is 4.79 Å². The van der Waals surface area contributed by atoms with E-state index >= 15 is 0 Å². The highest BCUT2D eigenvalue weighted by Gasteiger charge is 2.12. The van der Waals surface area contributed by atoms with Gasteiger partial charge in [-0.25, -0.2) is 0 Å². The Bertz CT molecular complexity index is 1170. The second-order valence-corrected chi connectivity index (χ2v) is 7.16. The van der Waals surface area contributed by atoms with Crippen LogP contribution in [0.3, 0.4) is 0 Å². The lowest BCUT2D eigenvalue weighted by Gasteiger charge is -2.13. The molecule has 0 aromatic heterocycles. The van der Waals surface area contributed by atoms with E-state index in [0.29, 0.717) is 28.7 Å². The number of hydrogen-bond acceptors (Lipinski definition) is 6. The first-order valence-corrected chi connectivity index (χ1v) is 10.4. The zero-order valence-electron chi connectivity index (χ0n) is 19.5. The van der Waals surface area contributed by atoms with Gasteiger partial charge in [-0.3, -0.25) is 4.79 Å². The monoisotopic (exact) mass is 461 g/mol. The van der Waals surface area contributed by atoms with Gasteiger partial charge in [0.15, 0.2) is 11.5 Å². The van der Waals surface area contributed by atoms with Crippen molar-refractivity contribution in [2.24, 2.45) is 0 Å². The Labute approximate surface area is 198 Å². The maximum atomic E-state index is 12.5. The van der Waals surface area contributed by atoms with E-state index in [4.69, 9.17) is 18.9 Å². The number of phenols is 1. The van der Waals surface area contributed by atoms with Crippen molar-refractivity contribution in [1.29, 1.82) is 0 Å². The molecule has 0 spiro atoms. The Hall–Kier alpha value is -4.39. The van der Waals surface area contributed by atoms with Crippen LogP contribution in [0.1, 0.15) is 16.7 Å². The van der Waals surface area contributed by atoms with Gasteiger partial charge in [-0.15, -0.1) is 0 Å². The Morgan fingerprint density at radius 2 is 1.44 bits per heavy atom. The fraction of sp³-hybridized carbons (Fsp3) is 0.148. The first kappa shape index (κ1) is 24.3. The number of anilines is 1. The van der Waals surface area contributed by atoms with Gasteiger partial charge in [0.2, 0.25) is 11.7 Å². The molecule has 1 amide bonds. The number of nitrogens with one attached hydrogen (secondary N) is 1. The molecule has 2 N–H and O–H groups in total. The van der Waals surface area contributed by atoms with Crippen LogP contribution in [0, 0.1) is 0 Å². The van der Waals surface area contributed by atoms with Crippen molar-refractivity contribution < 1.29 is 28.8 Å². The summed E-state index contributed by atoms with van der Waals surface area (Å²) in [6, 6.07) is 15.6. The third kappa shape index (κ3) is 6.10. The van der Waals surface area contributed by atoms with Gasteiger partial charge in [-0.1, -0.05) is 24.3 Å². The van der Waals surface area contributed by atoms with Crippen molar-refractivity contribution in [3.05, 3.63) is 77.4 Å². The van der Waals surface area contributed by atoms with Gasteiger partial charge in [0.1, 0.15) is 11.5 Å². The van der Waals surface area contributed by atoms with Gasteiger partial charge in [0.05, 0.1) is 28.4 Å². The van der Waals surface area contributed by atoms with Crippen molar-refractivity contribution in [2.45, 2.75) is 0 Å². The summed E-state index contributed by atoms with van der Waals surface area (Å²) in [6.07, 6.45) is 6.84. The lowest BCUT2D eigenvalue weighted by Crippen LogP contribution is -2.09. The van der Waals surface area contributed by atoms with Gasteiger partial charge in [0.25, 0.3) is 0 Å². The Morgan fingerprint density at radius 3 is 2.03 bits per heavy atom. The number of methoxy groups -OCH3 is 4. The Kier molecular flexibility index (Phi) is 8.18. The molecule has 0 atom stereocenters. The normalized spacial score (nSPS) is 10.9. The molecule has 0 fully saturated rings. The van der Waals surface area contributed by atoms with Crippen LogP contribution >= 0.6 is 0 Å². The molecule has 0 aliphatic carbocycles. The van der Waals surface area contributed by atoms with Crippen LogP contribution in [0.4, 0.5) is 5.69 Å². The van der Waals surface area contributed by atoms with Crippen LogP contribution < -0.4 is 24.3 Å². The summed E-state index contributed by atoms with van der Waals surface area (Å²) < 4.78 is 21.6. The van der Waals surface area contributed by atoms with E-state index < -0.39 is 0 Å². The molecule has 0 saturated heterocycles. The first-order valence-electron chi connectivity index (χ1n) is 10.4. The van der Waals surface area contributed by atoms with E-state index in [1.807, 2.05) is 30.4 Å². The maximum absolute atomic E-state index is 12.5. The fourth-order valence-corrected chi connectivity index (χ4v) is 3.23. The molecule has 0 bridgehead atoms. The number of phenolic OH excluding ortho intramolecular Hbond substituents is 1. The molecule has 3 aromatic rings. The van der Waals surface area contributed by atoms with Gasteiger partial charge in [-0.2, -0.15) is 0 Å². The average molecular weight is 462 g/mol. The fourth-order valence-electron chi connectivity index (χ4n) is 3.23. The van der Waals surface area contributed by atoms with Crippen molar-refractivity contribution in [1.82, 2.24) is 0 Å². The molecule has 34 heavy (non-hydrogen) atoms. The number of hydrogen-bond donors (Lipinski definition) is 2. The van der Waals surface area contributed by atoms with Gasteiger partial charge >= 0.3 is 0 Å². The number of benzene rings is 3. The largest absolute Gasteiger partial charge is 0.508 e. The van der Waals surface area contributed by atoms with Crippen LogP contribution in [-0.4, -0.2) is 39.5 Å². The zero-order valence-corrected chi connectivity index (χ0v) is 19.5. The molecule has 3 aromatic carbocycles. The smallest absolute Gasteiger partial charge is 0.248 e. The molecular weight excluding hydrogens is 434 g/mol. The second-order valence-electron chi connectivity index (χ2n) is 7.16. The topological polar surface area (TPSA) is 86.3 Å². The second kappa shape index (κ2) is 11.5. The molecule has 7 heteroatoms. The number of aromatic hydroxyl groups is 1. The lowest BCUT2D eigenvalue weighted by molar-refractivity contribution is -0.111. The van der Waals surface area contributed by atoms with Crippen molar-refractivity contribution in [3.63, 3.8) is 0 Å². The first-order chi connectivity index (χ1) is 16.5. The lowest BCUT2D eigenvalue weighted by atomic mass is 10.1. The molecule has 0 aliphatic heterocycles. The minimum atomic E-state index is -0.291. The summed E-state index contributed by atoms with van der Waals surface area (Å²) in [4.78, 5) is 12.5. The van der Waals surface area contributed by atoms with E-state index in [1.165, 1.54) is 6.08 Å². The summed E-state index contributed by atoms with van der Waals surface area (Å²) in [6.45, 7) is 0. The van der Waals surface area contributed by atoms with Gasteiger partial charge in [0, 0.05) is 17.3 Å². The highest BCUT2D eigenvalue weighted by Crippen LogP contribution is 2.38. The van der Waals surface area contributed by atoms with Crippen molar-refractivity contribution in [2.75, 3.05) is 33.8 Å². The Morgan fingerprint density at radius 1 is 0.765 bits per heavy atom. The third-order valence-electron chi connectivity index (χ3n) is 4.98. The van der Waals surface area contributed by atoms with Crippen molar-refractivity contribution in [3.8, 4) is 28.7 Å². The molecule has 0 aliphatic rings. The van der Waals surface area contributed by atoms with Crippen LogP contribution in [0.5, 0.6) is 28.7 Å². The van der Waals surface area contributed by atoms with Gasteiger partial charge in [-0.05, 0) is 59.7 Å². The highest BCUT2D eigenvalue weighted by atomic mass is 16.5. The predicted molar refractivity (Wildman–Crippen MR) is 134 cm³/mol. The average Bonchev–Trinajstić information content (AvgIpc) is 2.86. The Balaban J connectivity index is 1.86. The molecule has 0 radical (unpaired) electrons. The molecule has 3 rings (SSSR count). The molecule has 7 nitrogen and oxygen atoms in total. The highest BCUT2D eigenvalue weighted by molar-refractivity contribution is 6.03. The van der Waals surface area contributed by atoms with Crippen LogP contribution in [0.25, 0.3) is 18.2 Å². The zero-order chi connectivity index (χ0) is 24.5. The summed E-state index contributed by atoms with van der Waals surface area (Å²) in [7, 11) is 6.26. The van der Waals surface area contributed by atoms with E-state index in [2.05, 4.69) is 5.32 Å². The van der Waals surface area contributed by atoms with E-state index in [9.17, 15) is 9.90 Å². The molecule has 0 heterocycles. The van der Waals surface area contributed by atoms with E-state index in [-0.39, 0.29) is 11.7 Å². The maximum Gasteiger partial charge on any atom is 0.248 e. The number of ether oxygens (including phenoxy) is 4. The van der Waals surface area contributed by atoms with Crippen molar-refractivity contribution >= 4 is 29.8 Å². The third-order valence-corrected chi connectivity index (χ3v) is 4.98. The summed E-state index contributed by atoms with van der Waals surface area (Å²) in [5.41, 5.74) is 2.98. The number of carbonyl (C=O) groups excluding carboxylic acids is 1. The predicted octanol–water partition coefficient (Wildman–Crippen LogP) is 5.25. The molecule has 0 unspecified atom stereocenters. The summed E-state index contributed by atoms with van der Waals surface area (Å²) in [5.74, 6) is 2.13. The molecule has 176 valence electrons. The SMILES string of the molecule is COc1ccc(NC(=O)/C=C/c2ccc(O)cc2)c(/C=C/c2cc(OC)c(OC)c(OC)c2)c1.